The van der Waals surface area contributed by atoms with Gasteiger partial charge in [0.15, 0.2) is 5.82 Å². The molecule has 2 N–H and O–H groups in total. The predicted molar refractivity (Wildman–Crippen MR) is 78.2 cm³/mol. The summed E-state index contributed by atoms with van der Waals surface area (Å²) in [7, 11) is 0. The van der Waals surface area contributed by atoms with Crippen molar-refractivity contribution < 1.29 is 4.79 Å². The maximum absolute atomic E-state index is 11.7. The highest BCUT2D eigenvalue weighted by Crippen LogP contribution is 2.18. The van der Waals surface area contributed by atoms with Crippen molar-refractivity contribution in [1.82, 2.24) is 25.5 Å². The molecule has 0 radical (unpaired) electrons. The van der Waals surface area contributed by atoms with Crippen LogP contribution in [-0.4, -0.2) is 37.9 Å². The lowest BCUT2D eigenvalue weighted by Gasteiger charge is -2.09. The summed E-state index contributed by atoms with van der Waals surface area (Å²) in [6.45, 7) is 4.02. The number of nitrogens with zero attached hydrogens (tertiary/aromatic N) is 3. The Labute approximate surface area is 121 Å². The minimum absolute atomic E-state index is 0.000360. The van der Waals surface area contributed by atoms with Crippen LogP contribution in [0.15, 0.2) is 29.7 Å². The smallest absolute Gasteiger partial charge is 0.230 e. The molecule has 2 heterocycles. The molecule has 106 valence electrons. The van der Waals surface area contributed by atoms with Crippen molar-refractivity contribution in [2.24, 2.45) is 0 Å². The Bertz CT molecular complexity index is 557. The van der Waals surface area contributed by atoms with Crippen LogP contribution >= 0.6 is 11.8 Å². The minimum atomic E-state index is -0.000360. The van der Waals surface area contributed by atoms with Gasteiger partial charge < -0.3 is 5.32 Å². The lowest BCUT2D eigenvalue weighted by molar-refractivity contribution is -0.119. The lowest BCUT2D eigenvalue weighted by Crippen LogP contribution is -2.33. The van der Waals surface area contributed by atoms with E-state index >= 15 is 0 Å². The van der Waals surface area contributed by atoms with E-state index in [1.54, 1.807) is 12.4 Å². The van der Waals surface area contributed by atoms with E-state index in [-0.39, 0.29) is 11.9 Å². The number of aromatic nitrogens is 4. The van der Waals surface area contributed by atoms with Crippen LogP contribution in [0.2, 0.25) is 0 Å². The fraction of sp³-hybridized carbons (Fsp3) is 0.385. The number of amides is 1. The molecule has 20 heavy (non-hydrogen) atoms. The Hall–Kier alpha value is -1.89. The van der Waals surface area contributed by atoms with Crippen molar-refractivity contribution >= 4 is 17.7 Å². The quantitative estimate of drug-likeness (QED) is 0.794. The van der Waals surface area contributed by atoms with E-state index in [0.29, 0.717) is 16.7 Å². The summed E-state index contributed by atoms with van der Waals surface area (Å²) in [6.07, 6.45) is 4.32. The molecule has 2 rings (SSSR count). The number of nitrogens with one attached hydrogen (secondary N) is 2. The van der Waals surface area contributed by atoms with Crippen LogP contribution in [0.1, 0.15) is 20.3 Å². The largest absolute Gasteiger partial charge is 0.353 e. The van der Waals surface area contributed by atoms with Gasteiger partial charge in [-0.2, -0.15) is 0 Å². The first-order valence-corrected chi connectivity index (χ1v) is 7.42. The van der Waals surface area contributed by atoms with E-state index in [2.05, 4.69) is 25.5 Å². The Morgan fingerprint density at radius 2 is 2.20 bits per heavy atom. The summed E-state index contributed by atoms with van der Waals surface area (Å²) in [6, 6.07) is 3.90. The number of thioether (sulfide) groups is 1. The van der Waals surface area contributed by atoms with Crippen molar-refractivity contribution in [3.8, 4) is 11.4 Å². The second kappa shape index (κ2) is 7.04. The average molecular weight is 291 g/mol. The van der Waals surface area contributed by atoms with Crippen molar-refractivity contribution in [3.05, 3.63) is 24.5 Å². The number of H-pyrrole nitrogens is 1. The normalized spacial score (nSPS) is 12.1. The van der Waals surface area contributed by atoms with Crippen LogP contribution < -0.4 is 5.32 Å². The topological polar surface area (TPSA) is 83.6 Å². The second-order valence-corrected chi connectivity index (χ2v) is 5.31. The second-order valence-electron chi connectivity index (χ2n) is 4.37. The number of pyridine rings is 1. The first-order valence-electron chi connectivity index (χ1n) is 6.44. The molecule has 0 aromatic carbocycles. The molecular formula is C13H17N5OS. The molecule has 0 spiro atoms. The van der Waals surface area contributed by atoms with Crippen LogP contribution in [0.4, 0.5) is 0 Å². The molecule has 6 nitrogen and oxygen atoms in total. The zero-order valence-electron chi connectivity index (χ0n) is 11.5. The number of rotatable bonds is 6. The van der Waals surface area contributed by atoms with Gasteiger partial charge in [0.1, 0.15) is 0 Å². The van der Waals surface area contributed by atoms with Crippen LogP contribution in [0.3, 0.4) is 0 Å². The molecule has 0 fully saturated rings. The van der Waals surface area contributed by atoms with Gasteiger partial charge in [-0.25, -0.2) is 4.98 Å². The van der Waals surface area contributed by atoms with Gasteiger partial charge in [-0.05, 0) is 25.5 Å². The van der Waals surface area contributed by atoms with Gasteiger partial charge in [0, 0.05) is 24.0 Å². The molecule has 0 aliphatic carbocycles. The van der Waals surface area contributed by atoms with E-state index in [0.717, 1.165) is 12.0 Å². The molecule has 2 aromatic heterocycles. The van der Waals surface area contributed by atoms with Gasteiger partial charge in [-0.15, -0.1) is 5.10 Å². The summed E-state index contributed by atoms with van der Waals surface area (Å²) in [5, 5.41) is 10.4. The van der Waals surface area contributed by atoms with E-state index in [9.17, 15) is 4.79 Å². The van der Waals surface area contributed by atoms with Gasteiger partial charge in [0.05, 0.1) is 5.75 Å². The molecule has 2 aromatic rings. The maximum atomic E-state index is 11.7. The van der Waals surface area contributed by atoms with Crippen LogP contribution in [0.5, 0.6) is 0 Å². The van der Waals surface area contributed by atoms with E-state index in [1.807, 2.05) is 26.0 Å². The summed E-state index contributed by atoms with van der Waals surface area (Å²) in [5.74, 6) is 0.995. The monoisotopic (exact) mass is 291 g/mol. The summed E-state index contributed by atoms with van der Waals surface area (Å²) >= 11 is 1.32. The predicted octanol–water partition coefficient (Wildman–Crippen LogP) is 1.87. The molecule has 1 atom stereocenters. The highest BCUT2D eigenvalue weighted by atomic mass is 32.2. The van der Waals surface area contributed by atoms with Crippen molar-refractivity contribution in [2.75, 3.05) is 5.75 Å². The molecular weight excluding hydrogens is 274 g/mol. The Kier molecular flexibility index (Phi) is 5.11. The van der Waals surface area contributed by atoms with E-state index in [4.69, 9.17) is 0 Å². The Morgan fingerprint density at radius 3 is 2.90 bits per heavy atom. The van der Waals surface area contributed by atoms with Gasteiger partial charge in [-0.3, -0.25) is 14.9 Å². The van der Waals surface area contributed by atoms with Gasteiger partial charge in [-0.1, -0.05) is 18.7 Å². The first kappa shape index (κ1) is 14.5. The fourth-order valence-electron chi connectivity index (χ4n) is 1.50. The number of hydrogen-bond acceptors (Lipinski definition) is 5. The molecule has 0 aliphatic rings. The molecule has 0 aliphatic heterocycles. The lowest BCUT2D eigenvalue weighted by atomic mass is 10.3. The van der Waals surface area contributed by atoms with Crippen LogP contribution in [0.25, 0.3) is 11.4 Å². The summed E-state index contributed by atoms with van der Waals surface area (Å²) in [4.78, 5) is 19.9. The van der Waals surface area contributed by atoms with E-state index in [1.165, 1.54) is 11.8 Å². The standard InChI is InChI=1S/C13H17N5OS/c1-3-9(2)15-11(19)8-20-13-16-12(17-18-13)10-4-6-14-7-5-10/h4-7,9H,3,8H2,1-2H3,(H,15,19)(H,16,17,18). The van der Waals surface area contributed by atoms with Gasteiger partial charge in [0.2, 0.25) is 11.1 Å². The average Bonchev–Trinajstić information content (AvgIpc) is 2.95. The van der Waals surface area contributed by atoms with Crippen molar-refractivity contribution in [1.29, 1.82) is 0 Å². The first-order chi connectivity index (χ1) is 9.69. The highest BCUT2D eigenvalue weighted by molar-refractivity contribution is 7.99. The zero-order chi connectivity index (χ0) is 14.4. The molecule has 0 saturated carbocycles. The van der Waals surface area contributed by atoms with Crippen LogP contribution in [0, 0.1) is 0 Å². The van der Waals surface area contributed by atoms with E-state index < -0.39 is 0 Å². The van der Waals surface area contributed by atoms with Crippen LogP contribution in [-0.2, 0) is 4.79 Å². The summed E-state index contributed by atoms with van der Waals surface area (Å²) in [5.41, 5.74) is 0.920. The molecule has 1 amide bonds. The van der Waals surface area contributed by atoms with Gasteiger partial charge >= 0.3 is 0 Å². The Morgan fingerprint density at radius 1 is 1.45 bits per heavy atom. The number of carbonyl (C=O) groups excluding carboxylic acids is 1. The highest BCUT2D eigenvalue weighted by Gasteiger charge is 2.10. The zero-order valence-corrected chi connectivity index (χ0v) is 12.3. The SMILES string of the molecule is CCC(C)NC(=O)CSc1n[nH]c(-c2ccncc2)n1. The third-order valence-corrected chi connectivity index (χ3v) is 3.62. The Balaban J connectivity index is 1.89. The van der Waals surface area contributed by atoms with Crippen molar-refractivity contribution in [3.63, 3.8) is 0 Å². The molecule has 1 unspecified atom stereocenters. The molecule has 7 heteroatoms. The maximum Gasteiger partial charge on any atom is 0.230 e. The fourth-order valence-corrected chi connectivity index (χ4v) is 2.11. The van der Waals surface area contributed by atoms with Crippen molar-refractivity contribution in [2.45, 2.75) is 31.5 Å². The number of hydrogen-bond donors (Lipinski definition) is 2. The third kappa shape index (κ3) is 4.06. The molecule has 0 bridgehead atoms. The number of aromatic amines is 1. The molecule has 0 saturated heterocycles. The number of carbonyl (C=O) groups is 1. The minimum Gasteiger partial charge on any atom is -0.353 e. The third-order valence-electron chi connectivity index (χ3n) is 2.77. The van der Waals surface area contributed by atoms with Gasteiger partial charge in [0.25, 0.3) is 0 Å². The summed E-state index contributed by atoms with van der Waals surface area (Å²) < 4.78 is 0.